The van der Waals surface area contributed by atoms with E-state index in [0.29, 0.717) is 3.97 Å². The summed E-state index contributed by atoms with van der Waals surface area (Å²) in [6.45, 7) is 0.0140. The van der Waals surface area contributed by atoms with Crippen LogP contribution in [0.2, 0.25) is 0 Å². The van der Waals surface area contributed by atoms with Crippen LogP contribution in [0.4, 0.5) is 13.2 Å². The Balaban J connectivity index is 0.00000261. The molecule has 0 saturated heterocycles. The van der Waals surface area contributed by atoms with Crippen LogP contribution in [0.1, 0.15) is 5.56 Å². The molecule has 3 aromatic rings. The van der Waals surface area contributed by atoms with Crippen LogP contribution in [0.25, 0.3) is 11.3 Å². The largest absolute Gasteiger partial charge is 0.316 e. The monoisotopic (exact) mass is 418 g/mol. The average Bonchev–Trinajstić information content (AvgIpc) is 2.94. The normalized spacial score (nSPS) is 11.3. The van der Waals surface area contributed by atoms with Gasteiger partial charge in [-0.3, -0.25) is 0 Å². The Labute approximate surface area is 159 Å². The van der Waals surface area contributed by atoms with Gasteiger partial charge in [0.1, 0.15) is 11.5 Å². The minimum absolute atomic E-state index is 0. The summed E-state index contributed by atoms with van der Waals surface area (Å²) in [7, 11) is -2.84. The lowest BCUT2D eigenvalue weighted by molar-refractivity contribution is 0.572. The molecule has 0 aromatic carbocycles. The number of rotatable bonds is 5. The number of nitrogens with one attached hydrogen (secondary N) is 1. The van der Waals surface area contributed by atoms with Crippen molar-refractivity contribution >= 4 is 22.4 Å². The van der Waals surface area contributed by atoms with Crippen LogP contribution >= 0.6 is 12.4 Å². The Morgan fingerprint density at radius 1 is 1.15 bits per heavy atom. The van der Waals surface area contributed by atoms with Crippen LogP contribution in [0.3, 0.4) is 0 Å². The van der Waals surface area contributed by atoms with Crippen LogP contribution in [0.5, 0.6) is 0 Å². The van der Waals surface area contributed by atoms with Gasteiger partial charge >= 0.3 is 0 Å². The van der Waals surface area contributed by atoms with Crippen LogP contribution in [-0.4, -0.2) is 29.4 Å². The van der Waals surface area contributed by atoms with Gasteiger partial charge in [0.2, 0.25) is 5.95 Å². The second-order valence-electron chi connectivity index (χ2n) is 5.30. The maximum atomic E-state index is 14.9. The van der Waals surface area contributed by atoms with Gasteiger partial charge in [0.25, 0.3) is 10.0 Å². The zero-order chi connectivity index (χ0) is 18.9. The fourth-order valence-electron chi connectivity index (χ4n) is 2.43. The molecule has 0 saturated carbocycles. The molecule has 3 heterocycles. The molecule has 3 rings (SSSR count). The number of halogens is 4. The van der Waals surface area contributed by atoms with Gasteiger partial charge < -0.3 is 5.32 Å². The van der Waals surface area contributed by atoms with Crippen molar-refractivity contribution in [2.24, 2.45) is 0 Å². The van der Waals surface area contributed by atoms with E-state index >= 15 is 0 Å². The number of nitrogens with zero attached hydrogens (tertiary/aromatic N) is 3. The molecule has 1 N–H and O–H groups in total. The van der Waals surface area contributed by atoms with E-state index in [9.17, 15) is 21.6 Å². The van der Waals surface area contributed by atoms with Crippen molar-refractivity contribution in [1.82, 2.24) is 19.3 Å². The predicted octanol–water partition coefficient (Wildman–Crippen LogP) is 2.74. The quantitative estimate of drug-likeness (QED) is 0.645. The third kappa shape index (κ3) is 3.82. The smallest absolute Gasteiger partial charge is 0.285 e. The fourth-order valence-corrected chi connectivity index (χ4v) is 3.74. The highest BCUT2D eigenvalue weighted by atomic mass is 35.5. The number of hydrogen-bond donors (Lipinski definition) is 1. The van der Waals surface area contributed by atoms with E-state index in [1.807, 2.05) is 0 Å². The SMILES string of the molecule is CNCc1cn(S(=O)(=O)c2ccc(F)cn2)c(-c2cccnc2F)c1F.Cl. The molecule has 0 amide bonds. The van der Waals surface area contributed by atoms with Gasteiger partial charge in [-0.05, 0) is 31.3 Å². The maximum absolute atomic E-state index is 14.9. The lowest BCUT2D eigenvalue weighted by atomic mass is 10.2. The molecule has 0 unspecified atom stereocenters. The zero-order valence-electron chi connectivity index (χ0n) is 13.9. The van der Waals surface area contributed by atoms with Crippen molar-refractivity contribution < 1.29 is 21.6 Å². The summed E-state index contributed by atoms with van der Waals surface area (Å²) in [5, 5.41) is 2.20. The van der Waals surface area contributed by atoms with Gasteiger partial charge in [-0.2, -0.15) is 12.8 Å². The van der Waals surface area contributed by atoms with E-state index in [1.165, 1.54) is 12.1 Å². The van der Waals surface area contributed by atoms with Crippen LogP contribution in [0.15, 0.2) is 47.9 Å². The molecule has 0 aliphatic heterocycles. The van der Waals surface area contributed by atoms with E-state index in [-0.39, 0.29) is 30.1 Å². The second kappa shape index (κ2) is 8.07. The zero-order valence-corrected chi connectivity index (χ0v) is 15.5. The Morgan fingerprint density at radius 3 is 2.48 bits per heavy atom. The van der Waals surface area contributed by atoms with E-state index in [0.717, 1.165) is 30.7 Å². The fraction of sp³-hybridized carbons (Fsp3) is 0.125. The molecule has 0 atom stereocenters. The summed E-state index contributed by atoms with van der Waals surface area (Å²) < 4.78 is 68.3. The lowest BCUT2D eigenvalue weighted by Crippen LogP contribution is -2.15. The molecule has 0 spiro atoms. The van der Waals surface area contributed by atoms with Crippen molar-refractivity contribution in [3.8, 4) is 11.3 Å². The van der Waals surface area contributed by atoms with Gasteiger partial charge in [0, 0.05) is 24.5 Å². The molecule has 0 bridgehead atoms. The van der Waals surface area contributed by atoms with E-state index in [1.54, 1.807) is 7.05 Å². The number of pyridine rings is 2. The molecule has 144 valence electrons. The summed E-state index contributed by atoms with van der Waals surface area (Å²) in [6.07, 6.45) is 2.92. The Bertz CT molecular complexity index is 1060. The van der Waals surface area contributed by atoms with Crippen LogP contribution in [0, 0.1) is 17.6 Å². The number of hydrogen-bond acceptors (Lipinski definition) is 5. The van der Waals surface area contributed by atoms with Gasteiger partial charge in [0.15, 0.2) is 10.8 Å². The van der Waals surface area contributed by atoms with Crippen molar-refractivity contribution in [2.45, 2.75) is 11.6 Å². The first-order valence-corrected chi connectivity index (χ1v) is 8.82. The maximum Gasteiger partial charge on any atom is 0.285 e. The van der Waals surface area contributed by atoms with Crippen molar-refractivity contribution in [3.05, 3.63) is 66.0 Å². The van der Waals surface area contributed by atoms with Gasteiger partial charge in [-0.25, -0.2) is 22.7 Å². The summed E-state index contributed by atoms with van der Waals surface area (Å²) in [5.41, 5.74) is -0.818. The predicted molar refractivity (Wildman–Crippen MR) is 94.4 cm³/mol. The molecule has 6 nitrogen and oxygen atoms in total. The Morgan fingerprint density at radius 2 is 1.89 bits per heavy atom. The topological polar surface area (TPSA) is 76.9 Å². The summed E-state index contributed by atoms with van der Waals surface area (Å²) >= 11 is 0. The first-order valence-electron chi connectivity index (χ1n) is 7.38. The minimum Gasteiger partial charge on any atom is -0.316 e. The minimum atomic E-state index is -4.39. The Kier molecular flexibility index (Phi) is 6.24. The van der Waals surface area contributed by atoms with Crippen molar-refractivity contribution in [2.75, 3.05) is 7.05 Å². The molecule has 0 fully saturated rings. The molecule has 0 radical (unpaired) electrons. The molecule has 0 aliphatic carbocycles. The molecular formula is C16H14ClF3N4O2S. The summed E-state index contributed by atoms with van der Waals surface area (Å²) in [6, 6.07) is 4.44. The average molecular weight is 419 g/mol. The molecule has 27 heavy (non-hydrogen) atoms. The highest BCUT2D eigenvalue weighted by molar-refractivity contribution is 7.90. The van der Waals surface area contributed by atoms with Gasteiger partial charge in [-0.15, -0.1) is 12.4 Å². The lowest BCUT2D eigenvalue weighted by Gasteiger charge is -2.10. The standard InChI is InChI=1S/C16H13F3N4O2S.ClH/c1-20-7-10-9-23(26(24,25)13-5-4-11(17)8-22-13)15(14(10)18)12-3-2-6-21-16(12)19;/h2-6,8-9,20H,7H2,1H3;1H. The molecule has 0 aliphatic rings. The van der Waals surface area contributed by atoms with E-state index in [4.69, 9.17) is 0 Å². The summed E-state index contributed by atoms with van der Waals surface area (Å²) in [4.78, 5) is 6.97. The molecule has 3 aromatic heterocycles. The van der Waals surface area contributed by atoms with E-state index in [2.05, 4.69) is 15.3 Å². The van der Waals surface area contributed by atoms with E-state index < -0.39 is 38.3 Å². The second-order valence-corrected chi connectivity index (χ2v) is 7.07. The number of aromatic nitrogens is 3. The van der Waals surface area contributed by atoms with Gasteiger partial charge in [-0.1, -0.05) is 0 Å². The highest BCUT2D eigenvalue weighted by Crippen LogP contribution is 2.31. The third-order valence-electron chi connectivity index (χ3n) is 3.59. The molecular weight excluding hydrogens is 405 g/mol. The Hall–Kier alpha value is -2.43. The highest BCUT2D eigenvalue weighted by Gasteiger charge is 2.29. The third-order valence-corrected chi connectivity index (χ3v) is 5.16. The van der Waals surface area contributed by atoms with Crippen LogP contribution < -0.4 is 5.32 Å². The molecule has 11 heteroatoms. The first-order chi connectivity index (χ1) is 12.4. The van der Waals surface area contributed by atoms with Gasteiger partial charge in [0.05, 0.1) is 11.8 Å². The first kappa shape index (κ1) is 20.9. The van der Waals surface area contributed by atoms with Crippen LogP contribution in [-0.2, 0) is 16.6 Å². The summed E-state index contributed by atoms with van der Waals surface area (Å²) in [5.74, 6) is -2.65. The van der Waals surface area contributed by atoms with Crippen molar-refractivity contribution in [1.29, 1.82) is 0 Å². The van der Waals surface area contributed by atoms with Crippen molar-refractivity contribution in [3.63, 3.8) is 0 Å².